The summed E-state index contributed by atoms with van der Waals surface area (Å²) in [4.78, 5) is 33.3. The van der Waals surface area contributed by atoms with Gasteiger partial charge in [0.05, 0.1) is 34.3 Å². The molecule has 1 aliphatic heterocycles. The van der Waals surface area contributed by atoms with E-state index < -0.39 is 17.5 Å². The highest BCUT2D eigenvalue weighted by atomic mass is 32.1. The molecular formula is C24H34N4O3S. The Morgan fingerprint density at radius 3 is 2.47 bits per heavy atom. The van der Waals surface area contributed by atoms with Crippen molar-refractivity contribution in [3.8, 4) is 10.4 Å². The molecule has 7 nitrogen and oxygen atoms in total. The molecule has 4 atom stereocenters. The molecule has 32 heavy (non-hydrogen) atoms. The second-order valence-electron chi connectivity index (χ2n) is 9.56. The van der Waals surface area contributed by atoms with Gasteiger partial charge in [0.1, 0.15) is 6.04 Å². The van der Waals surface area contributed by atoms with Gasteiger partial charge in [-0.15, -0.1) is 11.3 Å². The monoisotopic (exact) mass is 458 g/mol. The summed E-state index contributed by atoms with van der Waals surface area (Å²) in [5, 5.41) is 3.07. The molecule has 174 valence electrons. The van der Waals surface area contributed by atoms with Gasteiger partial charge in [-0.1, -0.05) is 45.0 Å². The number of aromatic nitrogens is 1. The summed E-state index contributed by atoms with van der Waals surface area (Å²) in [6, 6.07) is 6.65. The average molecular weight is 459 g/mol. The van der Waals surface area contributed by atoms with Crippen molar-refractivity contribution in [1.82, 2.24) is 15.2 Å². The lowest BCUT2D eigenvalue weighted by Gasteiger charge is -2.32. The van der Waals surface area contributed by atoms with Crippen LogP contribution in [0.4, 0.5) is 0 Å². The van der Waals surface area contributed by atoms with Crippen LogP contribution >= 0.6 is 11.3 Å². The Morgan fingerprint density at radius 1 is 1.28 bits per heavy atom. The van der Waals surface area contributed by atoms with Gasteiger partial charge in [-0.2, -0.15) is 0 Å². The summed E-state index contributed by atoms with van der Waals surface area (Å²) < 4.78 is 5.47. The molecule has 2 heterocycles. The quantitative estimate of drug-likeness (QED) is 0.692. The van der Waals surface area contributed by atoms with Crippen molar-refractivity contribution in [2.75, 3.05) is 13.7 Å². The van der Waals surface area contributed by atoms with Crippen molar-refractivity contribution >= 4 is 23.2 Å². The first-order valence-corrected chi connectivity index (χ1v) is 11.8. The van der Waals surface area contributed by atoms with E-state index in [1.165, 1.54) is 0 Å². The van der Waals surface area contributed by atoms with Gasteiger partial charge < -0.3 is 20.7 Å². The molecule has 1 aromatic heterocycles. The number of likely N-dealkylation sites (tertiary alicyclic amines) is 1. The molecule has 1 aromatic carbocycles. The first-order chi connectivity index (χ1) is 15.0. The molecule has 2 amide bonds. The fraction of sp³-hybridized carbons (Fsp3) is 0.542. The Bertz CT molecular complexity index is 951. The maximum absolute atomic E-state index is 13.2. The van der Waals surface area contributed by atoms with Crippen molar-refractivity contribution in [2.45, 2.75) is 65.3 Å². The van der Waals surface area contributed by atoms with E-state index in [0.717, 1.165) is 21.7 Å². The number of hydrogen-bond donors (Lipinski definition) is 2. The lowest BCUT2D eigenvalue weighted by Crippen LogP contribution is -2.55. The number of amides is 2. The SMILES string of the molecule is CO[C@@H]1C[C@@H](C(=O)NC(C)c2ccc(-c3scnc3C)cc2)N(C(=O)C(N)C(C)(C)C)C1. The van der Waals surface area contributed by atoms with E-state index in [4.69, 9.17) is 10.5 Å². The van der Waals surface area contributed by atoms with Gasteiger partial charge in [-0.25, -0.2) is 4.98 Å². The molecule has 0 bridgehead atoms. The fourth-order valence-corrected chi connectivity index (χ4v) is 4.72. The number of ether oxygens (including phenoxy) is 1. The summed E-state index contributed by atoms with van der Waals surface area (Å²) in [5.74, 6) is -0.400. The number of thiazole rings is 1. The van der Waals surface area contributed by atoms with E-state index >= 15 is 0 Å². The van der Waals surface area contributed by atoms with E-state index in [2.05, 4.69) is 10.3 Å². The third-order valence-electron chi connectivity index (χ3n) is 6.16. The standard InChI is InChI=1S/C24H34N4O3S/c1-14(16-7-9-17(10-8-16)20-15(2)26-13-32-20)27-22(29)19-11-18(31-6)12-28(19)23(30)21(25)24(3,4)5/h7-10,13-14,18-19,21H,11-12,25H2,1-6H3,(H,27,29)/t14?,18-,19+,21?/m1/s1. The lowest BCUT2D eigenvalue weighted by atomic mass is 9.86. The Balaban J connectivity index is 1.71. The normalized spacial score (nSPS) is 20.8. The molecule has 3 N–H and O–H groups in total. The third kappa shape index (κ3) is 5.19. The molecule has 3 rings (SSSR count). The van der Waals surface area contributed by atoms with Crippen LogP contribution in [0.3, 0.4) is 0 Å². The van der Waals surface area contributed by atoms with Gasteiger partial charge in [-0.05, 0) is 30.4 Å². The number of carbonyl (C=O) groups is 2. The Labute approximate surface area is 194 Å². The highest BCUT2D eigenvalue weighted by molar-refractivity contribution is 7.13. The zero-order valence-corrected chi connectivity index (χ0v) is 20.5. The Morgan fingerprint density at radius 2 is 1.94 bits per heavy atom. The number of rotatable bonds is 6. The molecule has 1 saturated heterocycles. The van der Waals surface area contributed by atoms with E-state index in [-0.39, 0.29) is 24.0 Å². The number of nitrogens with one attached hydrogen (secondary N) is 1. The van der Waals surface area contributed by atoms with Gasteiger partial charge in [0.25, 0.3) is 0 Å². The molecule has 2 aromatic rings. The number of benzene rings is 1. The maximum Gasteiger partial charge on any atom is 0.243 e. The topological polar surface area (TPSA) is 97.5 Å². The van der Waals surface area contributed by atoms with Crippen molar-refractivity contribution in [1.29, 1.82) is 0 Å². The number of nitrogens with two attached hydrogens (primary N) is 1. The van der Waals surface area contributed by atoms with Gasteiger partial charge in [0, 0.05) is 20.1 Å². The van der Waals surface area contributed by atoms with E-state index in [1.807, 2.05) is 64.4 Å². The van der Waals surface area contributed by atoms with Crippen LogP contribution in [0.15, 0.2) is 29.8 Å². The van der Waals surface area contributed by atoms with Crippen LogP contribution in [-0.2, 0) is 14.3 Å². The number of nitrogens with zero attached hydrogens (tertiary/aromatic N) is 2. The van der Waals surface area contributed by atoms with Crippen LogP contribution in [0.1, 0.15) is 51.4 Å². The molecule has 1 aliphatic rings. The molecule has 2 unspecified atom stereocenters. The molecular weight excluding hydrogens is 424 g/mol. The maximum atomic E-state index is 13.2. The second kappa shape index (κ2) is 9.68. The number of methoxy groups -OCH3 is 1. The predicted octanol–water partition coefficient (Wildman–Crippen LogP) is 3.29. The van der Waals surface area contributed by atoms with Gasteiger partial charge in [-0.3, -0.25) is 9.59 Å². The van der Waals surface area contributed by atoms with E-state index in [9.17, 15) is 9.59 Å². The summed E-state index contributed by atoms with van der Waals surface area (Å²) in [5.41, 5.74) is 10.8. The molecule has 0 spiro atoms. The number of hydrogen-bond acceptors (Lipinski definition) is 6. The van der Waals surface area contributed by atoms with E-state index in [0.29, 0.717) is 13.0 Å². The van der Waals surface area contributed by atoms with Gasteiger partial charge in [0.15, 0.2) is 0 Å². The van der Waals surface area contributed by atoms with Crippen LogP contribution in [0.25, 0.3) is 10.4 Å². The van der Waals surface area contributed by atoms with Crippen molar-refractivity contribution < 1.29 is 14.3 Å². The summed E-state index contributed by atoms with van der Waals surface area (Å²) in [7, 11) is 1.60. The molecule has 1 fully saturated rings. The number of aryl methyl sites for hydroxylation is 1. The molecule has 8 heteroatoms. The van der Waals surface area contributed by atoms with E-state index in [1.54, 1.807) is 23.3 Å². The van der Waals surface area contributed by atoms with Crippen molar-refractivity contribution in [3.63, 3.8) is 0 Å². The summed E-state index contributed by atoms with van der Waals surface area (Å²) >= 11 is 1.61. The summed E-state index contributed by atoms with van der Waals surface area (Å²) in [6.45, 7) is 10.1. The van der Waals surface area contributed by atoms with Crippen LogP contribution in [0.2, 0.25) is 0 Å². The molecule has 0 radical (unpaired) electrons. The zero-order valence-electron chi connectivity index (χ0n) is 19.7. The van der Waals surface area contributed by atoms with Gasteiger partial charge in [0.2, 0.25) is 11.8 Å². The summed E-state index contributed by atoms with van der Waals surface area (Å²) in [6.07, 6.45) is 0.278. The van der Waals surface area contributed by atoms with Gasteiger partial charge >= 0.3 is 0 Å². The fourth-order valence-electron chi connectivity index (χ4n) is 3.90. The highest BCUT2D eigenvalue weighted by Gasteiger charge is 2.43. The zero-order chi connectivity index (χ0) is 23.6. The minimum atomic E-state index is -0.687. The lowest BCUT2D eigenvalue weighted by molar-refractivity contribution is -0.141. The third-order valence-corrected chi connectivity index (χ3v) is 7.14. The minimum absolute atomic E-state index is 0.181. The molecule has 0 saturated carbocycles. The first kappa shape index (κ1) is 24.4. The first-order valence-electron chi connectivity index (χ1n) is 10.9. The van der Waals surface area contributed by atoms with Crippen LogP contribution in [0.5, 0.6) is 0 Å². The average Bonchev–Trinajstić information content (AvgIpc) is 3.38. The smallest absolute Gasteiger partial charge is 0.243 e. The van der Waals surface area contributed by atoms with Crippen molar-refractivity contribution in [2.24, 2.45) is 11.1 Å². The second-order valence-corrected chi connectivity index (χ2v) is 10.4. The largest absolute Gasteiger partial charge is 0.380 e. The molecule has 0 aliphatic carbocycles. The van der Waals surface area contributed by atoms with Crippen molar-refractivity contribution in [3.05, 3.63) is 41.0 Å². The highest BCUT2D eigenvalue weighted by Crippen LogP contribution is 2.29. The minimum Gasteiger partial charge on any atom is -0.380 e. The predicted molar refractivity (Wildman–Crippen MR) is 127 cm³/mol. The van der Waals surface area contributed by atoms with Crippen LogP contribution < -0.4 is 11.1 Å². The Hall–Kier alpha value is -2.29. The Kier molecular flexibility index (Phi) is 7.37. The van der Waals surface area contributed by atoms with Crippen LogP contribution in [-0.4, -0.2) is 53.5 Å². The number of carbonyl (C=O) groups excluding carboxylic acids is 2. The van der Waals surface area contributed by atoms with Crippen LogP contribution in [0, 0.1) is 12.3 Å².